The van der Waals surface area contributed by atoms with Gasteiger partial charge in [-0.1, -0.05) is 65.3 Å². The number of phenolic OH excluding ortho intramolecular Hbond substituents is 2. The van der Waals surface area contributed by atoms with Crippen molar-refractivity contribution in [2.24, 2.45) is 11.3 Å². The molecule has 2 aromatic carbocycles. The predicted molar refractivity (Wildman–Crippen MR) is 141 cm³/mol. The molecular weight excluding hydrogens is 416 g/mol. The molecule has 4 aliphatic rings. The molecule has 0 spiro atoms. The monoisotopic (exact) mass is 460 g/mol. The molecule has 4 fully saturated rings. The average molecular weight is 461 g/mol. The molecule has 2 heteroatoms. The molecular formula is C32H44O2. The third kappa shape index (κ3) is 3.42. The van der Waals surface area contributed by atoms with Gasteiger partial charge in [0.1, 0.15) is 11.5 Å². The Balaban J connectivity index is 1.69. The maximum atomic E-state index is 10.8. The van der Waals surface area contributed by atoms with Crippen LogP contribution in [0.25, 0.3) is 0 Å². The van der Waals surface area contributed by atoms with Crippen LogP contribution in [-0.2, 0) is 36.5 Å². The minimum atomic E-state index is 0.202. The van der Waals surface area contributed by atoms with E-state index in [4.69, 9.17) is 0 Å². The molecule has 2 atom stereocenters. The molecule has 4 aliphatic carbocycles. The fourth-order valence-corrected chi connectivity index (χ4v) is 8.89. The molecule has 4 saturated carbocycles. The van der Waals surface area contributed by atoms with Gasteiger partial charge in [-0.15, -0.1) is 0 Å². The van der Waals surface area contributed by atoms with Crippen molar-refractivity contribution < 1.29 is 10.2 Å². The highest BCUT2D eigenvalue weighted by molar-refractivity contribution is 5.51. The van der Waals surface area contributed by atoms with Crippen LogP contribution in [0, 0.1) is 11.3 Å². The summed E-state index contributed by atoms with van der Waals surface area (Å²) in [5, 5.41) is 21.7. The lowest BCUT2D eigenvalue weighted by molar-refractivity contribution is -0.0921. The molecule has 2 unspecified atom stereocenters. The lowest BCUT2D eigenvalue weighted by Gasteiger charge is -2.67. The van der Waals surface area contributed by atoms with Crippen LogP contribution < -0.4 is 0 Å². The van der Waals surface area contributed by atoms with Gasteiger partial charge in [0.25, 0.3) is 0 Å². The van der Waals surface area contributed by atoms with Crippen LogP contribution >= 0.6 is 0 Å². The van der Waals surface area contributed by atoms with Gasteiger partial charge in [-0.05, 0) is 120 Å². The number of aromatic hydroxyl groups is 2. The van der Waals surface area contributed by atoms with E-state index in [9.17, 15) is 10.2 Å². The van der Waals surface area contributed by atoms with Crippen LogP contribution in [0.15, 0.2) is 24.3 Å². The molecule has 2 N–H and O–H groups in total. The Hall–Kier alpha value is -1.96. The van der Waals surface area contributed by atoms with E-state index >= 15 is 0 Å². The zero-order chi connectivity index (χ0) is 24.3. The van der Waals surface area contributed by atoms with E-state index in [-0.39, 0.29) is 10.8 Å². The normalized spacial score (nSPS) is 31.9. The Kier molecular flexibility index (Phi) is 5.81. The van der Waals surface area contributed by atoms with E-state index in [2.05, 4.69) is 58.9 Å². The third-order valence-electron chi connectivity index (χ3n) is 10.2. The van der Waals surface area contributed by atoms with Crippen LogP contribution in [0.3, 0.4) is 0 Å². The summed E-state index contributed by atoms with van der Waals surface area (Å²) in [5.74, 6) is 1.82. The fourth-order valence-electron chi connectivity index (χ4n) is 8.89. The molecule has 0 heterocycles. The second-order valence-corrected chi connectivity index (χ2v) is 12.1. The van der Waals surface area contributed by atoms with Crippen molar-refractivity contribution in [2.45, 2.75) is 116 Å². The molecule has 0 amide bonds. The topological polar surface area (TPSA) is 40.5 Å². The first-order chi connectivity index (χ1) is 16.3. The number of benzene rings is 2. The molecule has 0 aromatic heterocycles. The van der Waals surface area contributed by atoms with Crippen molar-refractivity contribution in [1.29, 1.82) is 0 Å². The van der Waals surface area contributed by atoms with Crippen molar-refractivity contribution >= 4 is 0 Å². The number of rotatable bonds is 7. The Bertz CT molecular complexity index is 969. The summed E-state index contributed by atoms with van der Waals surface area (Å²) in [7, 11) is 0. The van der Waals surface area contributed by atoms with Gasteiger partial charge in [-0.3, -0.25) is 0 Å². The molecule has 6 rings (SSSR count). The van der Waals surface area contributed by atoms with E-state index < -0.39 is 0 Å². The number of hydrogen-bond acceptors (Lipinski definition) is 2. The zero-order valence-electron chi connectivity index (χ0n) is 22.1. The molecule has 34 heavy (non-hydrogen) atoms. The number of hydrogen-bond donors (Lipinski definition) is 2. The molecule has 0 radical (unpaired) electrons. The summed E-state index contributed by atoms with van der Waals surface area (Å²) < 4.78 is 0. The minimum Gasteiger partial charge on any atom is -0.507 e. The van der Waals surface area contributed by atoms with Crippen LogP contribution in [0.2, 0.25) is 0 Å². The molecule has 184 valence electrons. The minimum absolute atomic E-state index is 0.202. The molecule has 2 nitrogen and oxygen atoms in total. The Morgan fingerprint density at radius 1 is 0.618 bits per heavy atom. The smallest absolute Gasteiger partial charge is 0.121 e. The van der Waals surface area contributed by atoms with Gasteiger partial charge >= 0.3 is 0 Å². The van der Waals surface area contributed by atoms with Gasteiger partial charge in [-0.2, -0.15) is 0 Å². The Labute approximate surface area is 206 Å². The third-order valence-corrected chi connectivity index (χ3v) is 10.2. The summed E-state index contributed by atoms with van der Waals surface area (Å²) in [4.78, 5) is 0. The fraction of sp³-hybridized carbons (Fsp3) is 0.625. The molecule has 4 bridgehead atoms. The van der Waals surface area contributed by atoms with Gasteiger partial charge < -0.3 is 10.2 Å². The Morgan fingerprint density at radius 2 is 1.00 bits per heavy atom. The van der Waals surface area contributed by atoms with Crippen molar-refractivity contribution in [1.82, 2.24) is 0 Å². The lowest BCUT2D eigenvalue weighted by Crippen LogP contribution is -2.60. The average Bonchev–Trinajstić information content (AvgIpc) is 2.83. The van der Waals surface area contributed by atoms with Crippen molar-refractivity contribution in [2.75, 3.05) is 0 Å². The SMILES string of the molecule is CCc1cc(C23CC4CC(CC)(C2)CC(c2cc(CC)c(O)c(CC)c2)(C4)C3)cc(CC)c1O. The number of aryl methyl sites for hydroxylation is 4. The predicted octanol–water partition coefficient (Wildman–Crippen LogP) is 7.92. The first kappa shape index (κ1) is 23.8. The summed E-state index contributed by atoms with van der Waals surface area (Å²) in [6.45, 7) is 11.1. The summed E-state index contributed by atoms with van der Waals surface area (Å²) in [5.41, 5.74) is 8.29. The van der Waals surface area contributed by atoms with Gasteiger partial charge in [0, 0.05) is 0 Å². The largest absolute Gasteiger partial charge is 0.507 e. The molecule has 0 saturated heterocycles. The highest BCUT2D eigenvalue weighted by Gasteiger charge is 2.63. The van der Waals surface area contributed by atoms with Crippen molar-refractivity contribution in [3.05, 3.63) is 57.6 Å². The maximum absolute atomic E-state index is 10.8. The highest BCUT2D eigenvalue weighted by atomic mass is 16.3. The van der Waals surface area contributed by atoms with Gasteiger partial charge in [0.2, 0.25) is 0 Å². The summed E-state index contributed by atoms with van der Waals surface area (Å²) >= 11 is 0. The van der Waals surface area contributed by atoms with Crippen molar-refractivity contribution in [3.63, 3.8) is 0 Å². The van der Waals surface area contributed by atoms with Gasteiger partial charge in [0.05, 0.1) is 0 Å². The summed E-state index contributed by atoms with van der Waals surface area (Å²) in [6, 6.07) is 9.46. The molecule has 0 aliphatic heterocycles. The Morgan fingerprint density at radius 3 is 1.32 bits per heavy atom. The standard InChI is InChI=1S/C32H44O2/c1-6-22-11-26(12-23(7-2)28(22)33)31-16-21-15-30(10-5,18-31)19-32(17-21,20-31)27-13-24(8-3)29(34)25(9-4)14-27/h11-14,21,33-34H,6-10,15-20H2,1-5H3. The van der Waals surface area contributed by atoms with E-state index in [0.29, 0.717) is 16.9 Å². The summed E-state index contributed by atoms with van der Waals surface area (Å²) in [6.07, 6.45) is 12.6. The van der Waals surface area contributed by atoms with Gasteiger partial charge in [0.15, 0.2) is 0 Å². The second-order valence-electron chi connectivity index (χ2n) is 12.1. The maximum Gasteiger partial charge on any atom is 0.121 e. The number of phenols is 2. The first-order valence-corrected chi connectivity index (χ1v) is 14.0. The second kappa shape index (κ2) is 8.32. The van der Waals surface area contributed by atoms with E-state index in [0.717, 1.165) is 53.9 Å². The van der Waals surface area contributed by atoms with E-state index in [1.165, 1.54) is 56.1 Å². The van der Waals surface area contributed by atoms with Crippen molar-refractivity contribution in [3.8, 4) is 11.5 Å². The van der Waals surface area contributed by atoms with Crippen LogP contribution in [0.4, 0.5) is 0 Å². The van der Waals surface area contributed by atoms with E-state index in [1.807, 2.05) is 0 Å². The quantitative estimate of drug-likeness (QED) is 0.440. The first-order valence-electron chi connectivity index (χ1n) is 14.0. The zero-order valence-corrected chi connectivity index (χ0v) is 22.1. The highest BCUT2D eigenvalue weighted by Crippen LogP contribution is 2.71. The van der Waals surface area contributed by atoms with Crippen LogP contribution in [0.5, 0.6) is 11.5 Å². The van der Waals surface area contributed by atoms with Crippen LogP contribution in [-0.4, -0.2) is 10.2 Å². The van der Waals surface area contributed by atoms with E-state index in [1.54, 1.807) is 0 Å². The van der Waals surface area contributed by atoms with Crippen LogP contribution in [0.1, 0.15) is 113 Å². The molecule has 2 aromatic rings. The van der Waals surface area contributed by atoms with Gasteiger partial charge in [-0.25, -0.2) is 0 Å². The lowest BCUT2D eigenvalue weighted by atomic mass is 9.37.